The molecule has 0 saturated heterocycles. The highest BCUT2D eigenvalue weighted by molar-refractivity contribution is 5.44. The van der Waals surface area contributed by atoms with E-state index in [4.69, 9.17) is 5.73 Å². The van der Waals surface area contributed by atoms with E-state index in [-0.39, 0.29) is 6.04 Å². The van der Waals surface area contributed by atoms with Gasteiger partial charge in [-0.25, -0.2) is 4.52 Å². The first-order valence-electron chi connectivity index (χ1n) is 7.10. The number of aryl methyl sites for hydroxylation is 1. The van der Waals surface area contributed by atoms with Crippen LogP contribution in [0.25, 0.3) is 5.65 Å². The molecule has 1 aromatic carbocycles. The molecule has 21 heavy (non-hydrogen) atoms. The third-order valence-electron chi connectivity index (χ3n) is 3.45. The summed E-state index contributed by atoms with van der Waals surface area (Å²) in [5.74, 6) is 0.640. The molecule has 0 spiro atoms. The fraction of sp³-hybridized carbons (Fsp3) is 0.250. The van der Waals surface area contributed by atoms with Gasteiger partial charge in [-0.3, -0.25) is 0 Å². The Morgan fingerprint density at radius 1 is 1.19 bits per heavy atom. The number of hydrogen-bond donors (Lipinski definition) is 2. The first-order chi connectivity index (χ1) is 10.2. The van der Waals surface area contributed by atoms with Gasteiger partial charge in [0.05, 0.1) is 0 Å². The lowest BCUT2D eigenvalue weighted by Crippen LogP contribution is -2.15. The van der Waals surface area contributed by atoms with E-state index in [0.717, 1.165) is 29.7 Å². The second kappa shape index (κ2) is 5.93. The van der Waals surface area contributed by atoms with E-state index < -0.39 is 0 Å². The molecule has 0 bridgehead atoms. The molecule has 2 aromatic heterocycles. The van der Waals surface area contributed by atoms with Gasteiger partial charge < -0.3 is 11.1 Å². The fourth-order valence-corrected chi connectivity index (χ4v) is 2.27. The van der Waals surface area contributed by atoms with E-state index in [0.29, 0.717) is 5.95 Å². The van der Waals surface area contributed by atoms with E-state index in [1.165, 1.54) is 0 Å². The summed E-state index contributed by atoms with van der Waals surface area (Å²) in [4.78, 5) is 4.42. The van der Waals surface area contributed by atoms with Crippen LogP contribution in [0.5, 0.6) is 0 Å². The van der Waals surface area contributed by atoms with Crippen LogP contribution in [-0.4, -0.2) is 21.1 Å². The molecular weight excluding hydrogens is 262 g/mol. The Morgan fingerprint density at radius 2 is 2.00 bits per heavy atom. The maximum atomic E-state index is 6.17. The zero-order valence-corrected chi connectivity index (χ0v) is 12.0. The summed E-state index contributed by atoms with van der Waals surface area (Å²) in [5, 5.41) is 7.63. The summed E-state index contributed by atoms with van der Waals surface area (Å²) in [5.41, 5.74) is 9.32. The van der Waals surface area contributed by atoms with Crippen molar-refractivity contribution >= 4 is 11.6 Å². The predicted molar refractivity (Wildman–Crippen MR) is 84.2 cm³/mol. The molecule has 3 aromatic rings. The van der Waals surface area contributed by atoms with Gasteiger partial charge in [-0.15, -0.1) is 5.10 Å². The smallest absolute Gasteiger partial charge is 0.243 e. The molecule has 0 fully saturated rings. The summed E-state index contributed by atoms with van der Waals surface area (Å²) in [7, 11) is 0. The summed E-state index contributed by atoms with van der Waals surface area (Å²) in [6.07, 6.45) is 2.79. The first kappa shape index (κ1) is 13.6. The van der Waals surface area contributed by atoms with Gasteiger partial charge in [0.25, 0.3) is 0 Å². The molecule has 0 saturated carbocycles. The van der Waals surface area contributed by atoms with Crippen LogP contribution in [0.15, 0.2) is 48.7 Å². The van der Waals surface area contributed by atoms with Crippen LogP contribution in [-0.2, 0) is 0 Å². The molecule has 0 aliphatic carbocycles. The zero-order chi connectivity index (χ0) is 14.7. The topological polar surface area (TPSA) is 68.2 Å². The van der Waals surface area contributed by atoms with Crippen molar-refractivity contribution in [1.82, 2.24) is 14.6 Å². The van der Waals surface area contributed by atoms with E-state index in [1.807, 2.05) is 43.5 Å². The molecule has 5 nitrogen and oxygen atoms in total. The van der Waals surface area contributed by atoms with Gasteiger partial charge in [0.15, 0.2) is 5.65 Å². The highest BCUT2D eigenvalue weighted by atomic mass is 15.3. The minimum absolute atomic E-state index is 0.0259. The van der Waals surface area contributed by atoms with Gasteiger partial charge in [-0.2, -0.15) is 4.98 Å². The molecular formula is C16H19N5. The van der Waals surface area contributed by atoms with Crippen molar-refractivity contribution in [1.29, 1.82) is 0 Å². The first-order valence-corrected chi connectivity index (χ1v) is 7.10. The van der Waals surface area contributed by atoms with Gasteiger partial charge >= 0.3 is 0 Å². The summed E-state index contributed by atoms with van der Waals surface area (Å²) < 4.78 is 1.79. The lowest BCUT2D eigenvalue weighted by molar-refractivity contribution is 0.673. The summed E-state index contributed by atoms with van der Waals surface area (Å²) in [6.45, 7) is 2.78. The monoisotopic (exact) mass is 281 g/mol. The van der Waals surface area contributed by atoms with Crippen LogP contribution < -0.4 is 11.1 Å². The van der Waals surface area contributed by atoms with E-state index in [9.17, 15) is 0 Å². The molecule has 108 valence electrons. The van der Waals surface area contributed by atoms with Crippen molar-refractivity contribution in [2.45, 2.75) is 19.4 Å². The molecule has 3 N–H and O–H groups in total. The minimum atomic E-state index is 0.0259. The van der Waals surface area contributed by atoms with Crippen LogP contribution >= 0.6 is 0 Å². The third-order valence-corrected chi connectivity index (χ3v) is 3.45. The average molecular weight is 281 g/mol. The molecule has 1 unspecified atom stereocenters. The van der Waals surface area contributed by atoms with Crippen LogP contribution in [0, 0.1) is 6.92 Å². The Balaban J connectivity index is 1.59. The molecule has 1 atom stereocenters. The number of anilines is 1. The average Bonchev–Trinajstić information content (AvgIpc) is 2.89. The van der Waals surface area contributed by atoms with Gasteiger partial charge in [-0.1, -0.05) is 36.4 Å². The lowest BCUT2D eigenvalue weighted by atomic mass is 10.1. The highest BCUT2D eigenvalue weighted by Crippen LogP contribution is 2.13. The number of rotatable bonds is 5. The molecule has 0 aliphatic heterocycles. The highest BCUT2D eigenvalue weighted by Gasteiger charge is 2.06. The number of nitrogens with two attached hydrogens (primary N) is 1. The van der Waals surface area contributed by atoms with Crippen LogP contribution in [0.3, 0.4) is 0 Å². The Labute approximate surface area is 123 Å². The molecule has 2 heterocycles. The SMILES string of the molecule is Cc1ccc2nc(NCCC(N)c3ccccc3)nn2c1. The predicted octanol–water partition coefficient (Wildman–Crippen LogP) is 2.54. The van der Waals surface area contributed by atoms with Gasteiger partial charge in [0.1, 0.15) is 0 Å². The molecule has 3 rings (SSSR count). The second-order valence-electron chi connectivity index (χ2n) is 5.18. The number of nitrogens with one attached hydrogen (secondary N) is 1. The number of hydrogen-bond acceptors (Lipinski definition) is 4. The second-order valence-corrected chi connectivity index (χ2v) is 5.18. The van der Waals surface area contributed by atoms with Crippen molar-refractivity contribution in [3.63, 3.8) is 0 Å². The lowest BCUT2D eigenvalue weighted by Gasteiger charge is -2.11. The largest absolute Gasteiger partial charge is 0.353 e. The zero-order valence-electron chi connectivity index (χ0n) is 12.0. The number of aromatic nitrogens is 3. The van der Waals surface area contributed by atoms with E-state index >= 15 is 0 Å². The van der Waals surface area contributed by atoms with Gasteiger partial charge in [0.2, 0.25) is 5.95 Å². The maximum Gasteiger partial charge on any atom is 0.243 e. The Hall–Kier alpha value is -2.40. The molecule has 0 aliphatic rings. The fourth-order valence-electron chi connectivity index (χ4n) is 2.27. The van der Waals surface area contributed by atoms with Crippen LogP contribution in [0.1, 0.15) is 23.6 Å². The number of pyridine rings is 1. The number of benzene rings is 1. The van der Waals surface area contributed by atoms with Crippen molar-refractivity contribution in [3.05, 3.63) is 59.8 Å². The standard InChI is InChI=1S/C16H19N5/c1-12-7-8-15-19-16(20-21(15)11-12)18-10-9-14(17)13-5-3-2-4-6-13/h2-8,11,14H,9-10,17H2,1H3,(H,18,20). The van der Waals surface area contributed by atoms with E-state index in [1.54, 1.807) is 4.52 Å². The Bertz CT molecular complexity index is 720. The number of fused-ring (bicyclic) bond motifs is 1. The normalized spacial score (nSPS) is 12.5. The minimum Gasteiger partial charge on any atom is -0.353 e. The third kappa shape index (κ3) is 3.20. The summed E-state index contributed by atoms with van der Waals surface area (Å²) >= 11 is 0. The quantitative estimate of drug-likeness (QED) is 0.754. The van der Waals surface area contributed by atoms with Crippen molar-refractivity contribution in [3.8, 4) is 0 Å². The van der Waals surface area contributed by atoms with E-state index in [2.05, 4.69) is 27.5 Å². The van der Waals surface area contributed by atoms with Gasteiger partial charge in [0, 0.05) is 18.8 Å². The van der Waals surface area contributed by atoms with Gasteiger partial charge in [-0.05, 0) is 30.5 Å². The van der Waals surface area contributed by atoms with Crippen LogP contribution in [0.4, 0.5) is 5.95 Å². The summed E-state index contributed by atoms with van der Waals surface area (Å²) in [6, 6.07) is 14.1. The molecule has 0 amide bonds. The Morgan fingerprint density at radius 3 is 2.81 bits per heavy atom. The van der Waals surface area contributed by atoms with Crippen LogP contribution in [0.2, 0.25) is 0 Å². The maximum absolute atomic E-state index is 6.17. The van der Waals surface area contributed by atoms with Crippen molar-refractivity contribution < 1.29 is 0 Å². The Kier molecular flexibility index (Phi) is 3.83. The van der Waals surface area contributed by atoms with Crippen molar-refractivity contribution in [2.24, 2.45) is 5.73 Å². The van der Waals surface area contributed by atoms with Crippen molar-refractivity contribution in [2.75, 3.05) is 11.9 Å². The molecule has 0 radical (unpaired) electrons. The molecule has 5 heteroatoms. The number of nitrogens with zero attached hydrogens (tertiary/aromatic N) is 3.